The van der Waals surface area contributed by atoms with Gasteiger partial charge in [-0.05, 0) is 38.5 Å². The first kappa shape index (κ1) is 71.0. The lowest BCUT2D eigenvalue weighted by atomic mass is 10.0. The number of carbonyl (C=O) groups excluding carboxylic acids is 2. The average molecular weight is 1040 g/mol. The Morgan fingerprint density at radius 3 is 1.01 bits per heavy atom. The summed E-state index contributed by atoms with van der Waals surface area (Å²) in [5.41, 5.74) is 0. The molecule has 0 radical (unpaired) electrons. The van der Waals surface area contributed by atoms with Crippen LogP contribution in [0, 0.1) is 0 Å². The molecule has 0 saturated heterocycles. The van der Waals surface area contributed by atoms with Crippen molar-refractivity contribution in [1.82, 2.24) is 0 Å². The molecule has 0 aromatic heterocycles. The Balaban J connectivity index is 4.02. The van der Waals surface area contributed by atoms with E-state index in [0.717, 1.165) is 38.5 Å². The molecule has 9 heteroatoms. The van der Waals surface area contributed by atoms with Gasteiger partial charge in [-0.1, -0.05) is 283 Å². The second-order valence-electron chi connectivity index (χ2n) is 23.1. The molecule has 0 bridgehead atoms. The van der Waals surface area contributed by atoms with Gasteiger partial charge in [-0.3, -0.25) is 9.59 Å². The summed E-state index contributed by atoms with van der Waals surface area (Å²) in [5, 5.41) is 9.70. The van der Waals surface area contributed by atoms with Crippen LogP contribution in [0.25, 0.3) is 0 Å². The predicted octanol–water partition coefficient (Wildman–Crippen LogP) is 18.9. The zero-order valence-corrected chi connectivity index (χ0v) is 49.3. The summed E-state index contributed by atoms with van der Waals surface area (Å²) in [5.74, 6) is -1.98. The van der Waals surface area contributed by atoms with Crippen molar-refractivity contribution in [3.05, 3.63) is 12.2 Å². The van der Waals surface area contributed by atoms with E-state index in [-0.39, 0.29) is 38.2 Å². The van der Waals surface area contributed by atoms with Crippen LogP contribution in [-0.4, -0.2) is 87.4 Å². The number of likely N-dealkylation sites (N-methyl/N-ethyl adjacent to an activating group) is 1. The molecule has 0 aliphatic carbocycles. The molecule has 2 unspecified atom stereocenters. The van der Waals surface area contributed by atoms with E-state index in [1.165, 1.54) is 257 Å². The van der Waals surface area contributed by atoms with Gasteiger partial charge in [0.05, 0.1) is 34.4 Å². The summed E-state index contributed by atoms with van der Waals surface area (Å²) in [6.07, 6.45) is 63.2. The number of ether oxygens (including phenoxy) is 4. The third-order valence-corrected chi connectivity index (χ3v) is 14.5. The largest absolute Gasteiger partial charge is 0.477 e. The molecule has 0 spiro atoms. The Labute approximate surface area is 453 Å². The Morgan fingerprint density at radius 2 is 0.699 bits per heavy atom. The predicted molar refractivity (Wildman–Crippen MR) is 309 cm³/mol. The van der Waals surface area contributed by atoms with Crippen molar-refractivity contribution in [3.63, 3.8) is 0 Å². The number of carbonyl (C=O) groups is 3. The number of hydrogen-bond acceptors (Lipinski definition) is 7. The first-order valence-electron chi connectivity index (χ1n) is 31.9. The summed E-state index contributed by atoms with van der Waals surface area (Å²) >= 11 is 0. The van der Waals surface area contributed by atoms with Crippen molar-refractivity contribution >= 4 is 17.9 Å². The van der Waals surface area contributed by atoms with Crippen molar-refractivity contribution in [2.75, 3.05) is 47.5 Å². The highest BCUT2D eigenvalue weighted by Gasteiger charge is 2.25. The van der Waals surface area contributed by atoms with Gasteiger partial charge in [-0.2, -0.15) is 0 Å². The molecule has 0 aliphatic rings. The van der Waals surface area contributed by atoms with Gasteiger partial charge in [0.15, 0.2) is 6.10 Å². The van der Waals surface area contributed by atoms with E-state index in [4.69, 9.17) is 18.9 Å². The second-order valence-corrected chi connectivity index (χ2v) is 23.1. The van der Waals surface area contributed by atoms with Gasteiger partial charge in [-0.25, -0.2) is 4.79 Å². The molecule has 432 valence electrons. The first-order valence-corrected chi connectivity index (χ1v) is 31.9. The minimum Gasteiger partial charge on any atom is -0.477 e. The number of hydrogen-bond donors (Lipinski definition) is 1. The number of allylic oxidation sites excluding steroid dienone is 2. The highest BCUT2D eigenvalue weighted by Crippen LogP contribution is 2.18. The maximum Gasteiger partial charge on any atom is 0.361 e. The molecule has 0 heterocycles. The minimum absolute atomic E-state index is 0.174. The lowest BCUT2D eigenvalue weighted by Gasteiger charge is -2.25. The zero-order valence-electron chi connectivity index (χ0n) is 49.3. The number of carboxylic acid groups (broad SMARTS) is 1. The van der Waals surface area contributed by atoms with E-state index in [1.54, 1.807) is 0 Å². The number of carboxylic acids is 1. The molecule has 73 heavy (non-hydrogen) atoms. The standard InChI is InChI=1S/C64H123NO8/c1-6-8-10-12-14-16-18-20-22-23-24-25-26-27-28-29-30-31-32-33-34-35-36-37-38-39-41-43-45-47-49-51-53-55-62(67)73-60(59-72-64(63(68)69)70-57-56-65(3,4)5)58-71-61(66)54-52-50-48-46-44-42-40-21-19-17-15-13-11-9-7-2/h23-24,60,64H,6-22,25-59H2,1-5H3/p+1/b24-23-. The van der Waals surface area contributed by atoms with E-state index >= 15 is 0 Å². The fraction of sp³-hybridized carbons (Fsp3) is 0.922. The third kappa shape index (κ3) is 57.6. The number of esters is 2. The number of unbranched alkanes of at least 4 members (excludes halogenated alkanes) is 43. The van der Waals surface area contributed by atoms with Crippen LogP contribution in [0.1, 0.15) is 322 Å². The molecule has 0 aliphatic heterocycles. The van der Waals surface area contributed by atoms with Gasteiger partial charge < -0.3 is 28.5 Å². The molecule has 9 nitrogen and oxygen atoms in total. The number of nitrogens with zero attached hydrogens (tertiary/aromatic N) is 1. The van der Waals surface area contributed by atoms with Gasteiger partial charge in [0, 0.05) is 12.8 Å². The van der Waals surface area contributed by atoms with Crippen molar-refractivity contribution < 1.29 is 42.9 Å². The summed E-state index contributed by atoms with van der Waals surface area (Å²) in [4.78, 5) is 37.4. The Kier molecular flexibility index (Phi) is 54.7. The fourth-order valence-corrected chi connectivity index (χ4v) is 9.60. The minimum atomic E-state index is -1.50. The van der Waals surface area contributed by atoms with E-state index in [2.05, 4.69) is 26.0 Å². The van der Waals surface area contributed by atoms with Crippen molar-refractivity contribution in [1.29, 1.82) is 0 Å². The van der Waals surface area contributed by atoms with E-state index in [0.29, 0.717) is 17.4 Å². The number of rotatable bonds is 60. The quantitative estimate of drug-likeness (QED) is 0.0211. The number of quaternary nitrogens is 1. The van der Waals surface area contributed by atoms with Gasteiger partial charge in [-0.15, -0.1) is 0 Å². The average Bonchev–Trinajstić information content (AvgIpc) is 3.36. The summed E-state index contributed by atoms with van der Waals surface area (Å²) < 4.78 is 22.9. The van der Waals surface area contributed by atoms with Crippen LogP contribution < -0.4 is 0 Å². The Morgan fingerprint density at radius 1 is 0.397 bits per heavy atom. The molecular weight excluding hydrogens is 911 g/mol. The zero-order chi connectivity index (χ0) is 53.4. The van der Waals surface area contributed by atoms with E-state index < -0.39 is 18.4 Å². The summed E-state index contributed by atoms with van der Waals surface area (Å²) in [6.45, 7) is 4.94. The van der Waals surface area contributed by atoms with Gasteiger partial charge in [0.25, 0.3) is 6.29 Å². The molecule has 0 aromatic carbocycles. The third-order valence-electron chi connectivity index (χ3n) is 14.5. The Hall–Kier alpha value is -1.97. The molecule has 0 fully saturated rings. The van der Waals surface area contributed by atoms with Crippen LogP contribution in [-0.2, 0) is 33.3 Å². The van der Waals surface area contributed by atoms with Crippen LogP contribution in [0.4, 0.5) is 0 Å². The van der Waals surface area contributed by atoms with Crippen LogP contribution in [0.15, 0.2) is 12.2 Å². The number of aliphatic carboxylic acids is 1. The van der Waals surface area contributed by atoms with Crippen LogP contribution >= 0.6 is 0 Å². The smallest absolute Gasteiger partial charge is 0.361 e. The van der Waals surface area contributed by atoms with Crippen molar-refractivity contribution in [2.24, 2.45) is 0 Å². The van der Waals surface area contributed by atoms with Gasteiger partial charge in [0.1, 0.15) is 13.2 Å². The molecule has 0 amide bonds. The molecule has 1 N–H and O–H groups in total. The van der Waals surface area contributed by atoms with Crippen molar-refractivity contribution in [3.8, 4) is 0 Å². The van der Waals surface area contributed by atoms with Crippen molar-refractivity contribution in [2.45, 2.75) is 334 Å². The summed E-state index contributed by atoms with van der Waals surface area (Å²) in [6, 6.07) is 0. The van der Waals surface area contributed by atoms with Gasteiger partial charge in [0.2, 0.25) is 0 Å². The SMILES string of the molecule is CCCCCCCCCC/C=C\CCCCCCCCCCCCCCCCCCCCCCCC(=O)OC(COC(=O)CCCCCCCCCCCCCCCCC)COC(OCC[N+](C)(C)C)C(=O)O. The lowest BCUT2D eigenvalue weighted by molar-refractivity contribution is -0.870. The fourth-order valence-electron chi connectivity index (χ4n) is 9.60. The second kappa shape index (κ2) is 56.2. The first-order chi connectivity index (χ1) is 35.6. The van der Waals surface area contributed by atoms with Gasteiger partial charge >= 0.3 is 17.9 Å². The maximum atomic E-state index is 12.9. The van der Waals surface area contributed by atoms with Crippen LogP contribution in [0.2, 0.25) is 0 Å². The molecule has 0 rings (SSSR count). The molecule has 0 saturated carbocycles. The van der Waals surface area contributed by atoms with Crippen LogP contribution in [0.5, 0.6) is 0 Å². The summed E-state index contributed by atoms with van der Waals surface area (Å²) in [7, 11) is 5.98. The maximum absolute atomic E-state index is 12.9. The lowest BCUT2D eigenvalue weighted by Crippen LogP contribution is -2.40. The Bertz CT molecular complexity index is 1200. The van der Waals surface area contributed by atoms with Crippen LogP contribution in [0.3, 0.4) is 0 Å². The molecule has 0 aromatic rings. The highest BCUT2D eigenvalue weighted by atomic mass is 16.7. The van der Waals surface area contributed by atoms with E-state index in [9.17, 15) is 19.5 Å². The topological polar surface area (TPSA) is 108 Å². The highest BCUT2D eigenvalue weighted by molar-refractivity contribution is 5.71. The molecule has 2 atom stereocenters. The van der Waals surface area contributed by atoms with E-state index in [1.807, 2.05) is 21.1 Å². The normalized spacial score (nSPS) is 12.7. The monoisotopic (exact) mass is 1030 g/mol. The molecular formula is C64H124NO8+.